The maximum atomic E-state index is 12.2. The minimum atomic E-state index is -1.74. The number of carboxylic acids is 1. The van der Waals surface area contributed by atoms with Crippen LogP contribution in [0.15, 0.2) is 0 Å². The van der Waals surface area contributed by atoms with Crippen molar-refractivity contribution in [3.63, 3.8) is 0 Å². The Bertz CT molecular complexity index is 375. The number of carboxylic acid groups (broad SMARTS) is 1. The number of carbonyl (C=O) groups is 2. The summed E-state index contributed by atoms with van der Waals surface area (Å²) in [5, 5.41) is 18.8. The molecule has 0 saturated heterocycles. The first-order valence-electron chi connectivity index (χ1n) is 7.78. The molecule has 1 fully saturated rings. The third-order valence-corrected chi connectivity index (χ3v) is 4.49. The van der Waals surface area contributed by atoms with Crippen LogP contribution in [0.3, 0.4) is 0 Å². The van der Waals surface area contributed by atoms with Gasteiger partial charge >= 0.3 is 11.9 Å². The molecule has 0 amide bonds. The van der Waals surface area contributed by atoms with Gasteiger partial charge in [-0.2, -0.15) is 0 Å². The molecule has 5 heteroatoms. The van der Waals surface area contributed by atoms with Crippen molar-refractivity contribution in [1.82, 2.24) is 0 Å². The summed E-state index contributed by atoms with van der Waals surface area (Å²) in [4.78, 5) is 22.7. The van der Waals surface area contributed by atoms with Crippen molar-refractivity contribution in [2.45, 2.75) is 71.5 Å². The molecule has 1 rings (SSSR count). The molecule has 0 heterocycles. The summed E-state index contributed by atoms with van der Waals surface area (Å²) in [7, 11) is 0. The van der Waals surface area contributed by atoms with Crippen LogP contribution in [-0.2, 0) is 14.3 Å². The summed E-state index contributed by atoms with van der Waals surface area (Å²) >= 11 is 0. The largest absolute Gasteiger partial charge is 0.481 e. The fraction of sp³-hybridized carbons (Fsp3) is 0.875. The third-order valence-electron chi connectivity index (χ3n) is 4.49. The van der Waals surface area contributed by atoms with Gasteiger partial charge in [-0.05, 0) is 43.9 Å². The molecule has 2 N–H and O–H groups in total. The summed E-state index contributed by atoms with van der Waals surface area (Å²) in [5.74, 6) is -0.510. The number of ether oxygens (including phenoxy) is 1. The summed E-state index contributed by atoms with van der Waals surface area (Å²) in [5.41, 5.74) is -1.74. The fourth-order valence-corrected chi connectivity index (χ4v) is 2.97. The maximum Gasteiger partial charge on any atom is 0.338 e. The average Bonchev–Trinajstić information content (AvgIpc) is 2.36. The quantitative estimate of drug-likeness (QED) is 0.737. The molecular weight excluding hydrogens is 272 g/mol. The maximum absolute atomic E-state index is 12.2. The molecule has 0 unspecified atom stereocenters. The van der Waals surface area contributed by atoms with Gasteiger partial charge in [-0.15, -0.1) is 0 Å². The first-order chi connectivity index (χ1) is 9.63. The third kappa shape index (κ3) is 5.30. The van der Waals surface area contributed by atoms with Crippen molar-refractivity contribution in [3.05, 3.63) is 0 Å². The first kappa shape index (κ1) is 18.0. The monoisotopic (exact) mass is 300 g/mol. The van der Waals surface area contributed by atoms with Gasteiger partial charge in [0.25, 0.3) is 0 Å². The van der Waals surface area contributed by atoms with E-state index in [0.717, 1.165) is 19.3 Å². The fourth-order valence-electron chi connectivity index (χ4n) is 2.97. The van der Waals surface area contributed by atoms with Crippen molar-refractivity contribution in [2.24, 2.45) is 17.8 Å². The van der Waals surface area contributed by atoms with Crippen LogP contribution in [0.25, 0.3) is 0 Å². The van der Waals surface area contributed by atoms with E-state index in [1.54, 1.807) is 0 Å². The smallest absolute Gasteiger partial charge is 0.338 e. The standard InChI is InChI=1S/C16H28O5/c1-10(2)12-6-5-11(3)9-13(12)21-15(19)16(4,20)8-7-14(17)18/h10-13,20H,5-9H2,1-4H3,(H,17,18)/t11-,12+,13-,16-/m1/s1. The average molecular weight is 300 g/mol. The van der Waals surface area contributed by atoms with Gasteiger partial charge in [0.1, 0.15) is 6.10 Å². The predicted molar refractivity (Wildman–Crippen MR) is 78.7 cm³/mol. The van der Waals surface area contributed by atoms with Gasteiger partial charge < -0.3 is 14.9 Å². The first-order valence-corrected chi connectivity index (χ1v) is 7.78. The van der Waals surface area contributed by atoms with Crippen molar-refractivity contribution in [1.29, 1.82) is 0 Å². The van der Waals surface area contributed by atoms with Crippen LogP contribution < -0.4 is 0 Å². The molecule has 0 aliphatic heterocycles. The van der Waals surface area contributed by atoms with Gasteiger partial charge in [0.15, 0.2) is 5.60 Å². The zero-order chi connectivity index (χ0) is 16.2. The van der Waals surface area contributed by atoms with Gasteiger partial charge in [0.2, 0.25) is 0 Å². The van der Waals surface area contributed by atoms with E-state index in [2.05, 4.69) is 20.8 Å². The summed E-state index contributed by atoms with van der Waals surface area (Å²) in [6, 6.07) is 0. The number of hydrogen-bond acceptors (Lipinski definition) is 4. The number of carbonyl (C=O) groups excluding carboxylic acids is 1. The van der Waals surface area contributed by atoms with Crippen LogP contribution in [0.5, 0.6) is 0 Å². The normalized spacial score (nSPS) is 29.0. The zero-order valence-electron chi connectivity index (χ0n) is 13.5. The summed E-state index contributed by atoms with van der Waals surface area (Å²) in [6.45, 7) is 7.70. The zero-order valence-corrected chi connectivity index (χ0v) is 13.5. The van der Waals surface area contributed by atoms with Crippen molar-refractivity contribution in [3.8, 4) is 0 Å². The Morgan fingerprint density at radius 2 is 1.95 bits per heavy atom. The van der Waals surface area contributed by atoms with Gasteiger partial charge in [0.05, 0.1) is 0 Å². The number of aliphatic hydroxyl groups is 1. The molecule has 1 aliphatic carbocycles. The number of rotatable bonds is 6. The van der Waals surface area contributed by atoms with Crippen molar-refractivity contribution in [2.75, 3.05) is 0 Å². The number of hydrogen-bond donors (Lipinski definition) is 2. The molecule has 0 spiro atoms. The lowest BCUT2D eigenvalue weighted by Crippen LogP contribution is -2.43. The van der Waals surface area contributed by atoms with Gasteiger partial charge in [-0.1, -0.05) is 27.2 Å². The molecule has 1 saturated carbocycles. The molecule has 0 bridgehead atoms. The highest BCUT2D eigenvalue weighted by atomic mass is 16.6. The van der Waals surface area contributed by atoms with Crippen LogP contribution in [0.1, 0.15) is 59.8 Å². The van der Waals surface area contributed by atoms with Gasteiger partial charge in [-0.25, -0.2) is 4.79 Å². The molecule has 4 atom stereocenters. The molecular formula is C16H28O5. The Labute approximate surface area is 126 Å². The predicted octanol–water partition coefficient (Wildman–Crippen LogP) is 2.61. The molecule has 0 aromatic heterocycles. The lowest BCUT2D eigenvalue weighted by Gasteiger charge is -2.38. The lowest BCUT2D eigenvalue weighted by molar-refractivity contribution is -0.177. The van der Waals surface area contributed by atoms with Crippen molar-refractivity contribution < 1.29 is 24.5 Å². The molecule has 122 valence electrons. The molecule has 21 heavy (non-hydrogen) atoms. The van der Waals surface area contributed by atoms with Crippen LogP contribution in [0.4, 0.5) is 0 Å². The highest BCUT2D eigenvalue weighted by Crippen LogP contribution is 2.36. The van der Waals surface area contributed by atoms with Crippen molar-refractivity contribution >= 4 is 11.9 Å². The van der Waals surface area contributed by atoms with E-state index in [9.17, 15) is 14.7 Å². The Morgan fingerprint density at radius 1 is 1.33 bits per heavy atom. The minimum absolute atomic E-state index is 0.129. The Hall–Kier alpha value is -1.10. The topological polar surface area (TPSA) is 83.8 Å². The highest BCUT2D eigenvalue weighted by Gasteiger charge is 2.38. The van der Waals surface area contributed by atoms with Gasteiger partial charge in [0, 0.05) is 6.42 Å². The van der Waals surface area contributed by atoms with Gasteiger partial charge in [-0.3, -0.25) is 4.79 Å². The summed E-state index contributed by atoms with van der Waals surface area (Å²) < 4.78 is 5.55. The Balaban J connectivity index is 2.67. The van der Waals surface area contributed by atoms with Crippen LogP contribution in [0, 0.1) is 17.8 Å². The van der Waals surface area contributed by atoms with E-state index in [-0.39, 0.29) is 18.9 Å². The molecule has 0 radical (unpaired) electrons. The molecule has 0 aromatic carbocycles. The summed E-state index contributed by atoms with van der Waals surface area (Å²) in [6.07, 6.45) is 2.40. The number of aliphatic carboxylic acids is 1. The van der Waals surface area contributed by atoms with E-state index in [4.69, 9.17) is 9.84 Å². The second-order valence-electron chi connectivity index (χ2n) is 6.94. The second-order valence-corrected chi connectivity index (χ2v) is 6.94. The molecule has 1 aliphatic rings. The van der Waals surface area contributed by atoms with E-state index >= 15 is 0 Å². The molecule has 5 nitrogen and oxygen atoms in total. The van der Waals surface area contributed by atoms with Crippen LogP contribution in [0.2, 0.25) is 0 Å². The Kier molecular flexibility index (Phi) is 6.20. The van der Waals surface area contributed by atoms with E-state index in [0.29, 0.717) is 17.8 Å². The second kappa shape index (κ2) is 7.25. The minimum Gasteiger partial charge on any atom is -0.481 e. The SMILES string of the molecule is CC(C)[C@@H]1CC[C@@H](C)C[C@H]1OC(=O)[C@](C)(O)CCC(=O)O. The highest BCUT2D eigenvalue weighted by molar-refractivity contribution is 5.79. The van der Waals surface area contributed by atoms with Crippen LogP contribution in [-0.4, -0.2) is 33.9 Å². The molecule has 0 aromatic rings. The van der Waals surface area contributed by atoms with E-state index in [1.165, 1.54) is 6.92 Å². The Morgan fingerprint density at radius 3 is 2.48 bits per heavy atom. The van der Waals surface area contributed by atoms with E-state index < -0.39 is 17.5 Å². The lowest BCUT2D eigenvalue weighted by atomic mass is 9.75. The number of esters is 1. The van der Waals surface area contributed by atoms with E-state index in [1.807, 2.05) is 0 Å². The van der Waals surface area contributed by atoms with Crippen LogP contribution >= 0.6 is 0 Å².